The molecule has 0 unspecified atom stereocenters. The summed E-state index contributed by atoms with van der Waals surface area (Å²) in [4.78, 5) is 0. The van der Waals surface area contributed by atoms with Gasteiger partial charge in [0.2, 0.25) is 0 Å². The van der Waals surface area contributed by atoms with Crippen molar-refractivity contribution in [2.24, 2.45) is 16.6 Å². The third-order valence-electron chi connectivity index (χ3n) is 4.46. The standard InChI is InChI=1S/C18H30N2O/c1-16(2)10-17(3,4)12-18(11-16,13-19)20-14-7-6-8-15(9-14)21-5/h6-9,20H,10-13,19H2,1-5H3. The molecule has 0 amide bonds. The number of anilines is 1. The van der Waals surface area contributed by atoms with Crippen molar-refractivity contribution in [3.05, 3.63) is 24.3 Å². The van der Waals surface area contributed by atoms with Gasteiger partial charge < -0.3 is 15.8 Å². The van der Waals surface area contributed by atoms with E-state index in [0.717, 1.165) is 24.3 Å². The van der Waals surface area contributed by atoms with Crippen LogP contribution >= 0.6 is 0 Å². The van der Waals surface area contributed by atoms with Crippen LogP contribution in [0.2, 0.25) is 0 Å². The largest absolute Gasteiger partial charge is 0.497 e. The van der Waals surface area contributed by atoms with E-state index in [9.17, 15) is 0 Å². The molecule has 0 aliphatic heterocycles. The fraction of sp³-hybridized carbons (Fsp3) is 0.667. The van der Waals surface area contributed by atoms with Crippen LogP contribution in [0.5, 0.6) is 5.75 Å². The van der Waals surface area contributed by atoms with E-state index < -0.39 is 0 Å². The second-order valence-electron chi connectivity index (χ2n) is 8.20. The van der Waals surface area contributed by atoms with Gasteiger partial charge >= 0.3 is 0 Å². The Morgan fingerprint density at radius 3 is 2.24 bits per heavy atom. The summed E-state index contributed by atoms with van der Waals surface area (Å²) in [5.41, 5.74) is 7.85. The zero-order chi connectivity index (χ0) is 15.7. The van der Waals surface area contributed by atoms with Crippen molar-refractivity contribution in [2.75, 3.05) is 19.0 Å². The Labute approximate surface area is 129 Å². The van der Waals surface area contributed by atoms with Gasteiger partial charge in [-0.3, -0.25) is 0 Å². The molecule has 1 aromatic rings. The predicted molar refractivity (Wildman–Crippen MR) is 89.8 cm³/mol. The van der Waals surface area contributed by atoms with Gasteiger partial charge in [0, 0.05) is 18.3 Å². The summed E-state index contributed by atoms with van der Waals surface area (Å²) in [6.07, 6.45) is 3.43. The first kappa shape index (κ1) is 16.2. The van der Waals surface area contributed by atoms with Crippen LogP contribution in [0.4, 0.5) is 5.69 Å². The lowest BCUT2D eigenvalue weighted by Crippen LogP contribution is -2.55. The number of nitrogens with one attached hydrogen (secondary N) is 1. The lowest BCUT2D eigenvalue weighted by molar-refractivity contribution is 0.0623. The van der Waals surface area contributed by atoms with E-state index in [1.165, 1.54) is 6.42 Å². The summed E-state index contributed by atoms with van der Waals surface area (Å²) in [6.45, 7) is 10.1. The van der Waals surface area contributed by atoms with Crippen LogP contribution in [-0.2, 0) is 0 Å². The molecule has 0 aromatic heterocycles. The summed E-state index contributed by atoms with van der Waals surface area (Å²) in [6, 6.07) is 8.13. The average molecular weight is 290 g/mol. The number of nitrogens with two attached hydrogens (primary N) is 1. The first-order valence-corrected chi connectivity index (χ1v) is 7.82. The third-order valence-corrected chi connectivity index (χ3v) is 4.46. The van der Waals surface area contributed by atoms with Gasteiger partial charge in [-0.15, -0.1) is 0 Å². The van der Waals surface area contributed by atoms with Crippen molar-refractivity contribution in [3.8, 4) is 5.75 Å². The van der Waals surface area contributed by atoms with Crippen molar-refractivity contribution < 1.29 is 4.74 Å². The second-order valence-corrected chi connectivity index (χ2v) is 8.20. The Hall–Kier alpha value is -1.22. The minimum absolute atomic E-state index is 0.0440. The van der Waals surface area contributed by atoms with Crippen LogP contribution in [0.15, 0.2) is 24.3 Å². The first-order valence-electron chi connectivity index (χ1n) is 7.82. The quantitative estimate of drug-likeness (QED) is 0.879. The molecule has 3 heteroatoms. The van der Waals surface area contributed by atoms with E-state index in [0.29, 0.717) is 17.4 Å². The first-order chi connectivity index (χ1) is 9.69. The highest BCUT2D eigenvalue weighted by Gasteiger charge is 2.46. The van der Waals surface area contributed by atoms with E-state index in [-0.39, 0.29) is 5.54 Å². The number of methoxy groups -OCH3 is 1. The van der Waals surface area contributed by atoms with Crippen LogP contribution in [0.3, 0.4) is 0 Å². The van der Waals surface area contributed by atoms with Crippen LogP contribution in [-0.4, -0.2) is 19.2 Å². The van der Waals surface area contributed by atoms with Crippen molar-refractivity contribution in [3.63, 3.8) is 0 Å². The SMILES string of the molecule is COc1cccc(NC2(CN)CC(C)(C)CC(C)(C)C2)c1. The van der Waals surface area contributed by atoms with Crippen molar-refractivity contribution in [1.82, 2.24) is 0 Å². The van der Waals surface area contributed by atoms with Gasteiger partial charge in [0.1, 0.15) is 5.75 Å². The smallest absolute Gasteiger partial charge is 0.120 e. The van der Waals surface area contributed by atoms with Crippen LogP contribution < -0.4 is 15.8 Å². The molecule has 21 heavy (non-hydrogen) atoms. The molecule has 0 atom stereocenters. The molecule has 0 heterocycles. The normalized spacial score (nSPS) is 22.6. The molecule has 1 fully saturated rings. The highest BCUT2D eigenvalue weighted by molar-refractivity contribution is 5.50. The van der Waals surface area contributed by atoms with Gasteiger partial charge in [0.15, 0.2) is 0 Å². The molecule has 1 saturated carbocycles. The van der Waals surface area contributed by atoms with Gasteiger partial charge in [-0.05, 0) is 42.2 Å². The lowest BCUT2D eigenvalue weighted by Gasteiger charge is -2.52. The van der Waals surface area contributed by atoms with Gasteiger partial charge in [0.25, 0.3) is 0 Å². The summed E-state index contributed by atoms with van der Waals surface area (Å²) in [5.74, 6) is 0.876. The minimum Gasteiger partial charge on any atom is -0.497 e. The average Bonchev–Trinajstić information content (AvgIpc) is 2.35. The summed E-state index contributed by atoms with van der Waals surface area (Å²) in [7, 11) is 1.70. The molecule has 0 bridgehead atoms. The zero-order valence-corrected chi connectivity index (χ0v) is 14.1. The maximum absolute atomic E-state index is 6.21. The third kappa shape index (κ3) is 3.91. The zero-order valence-electron chi connectivity index (χ0n) is 14.1. The maximum atomic E-state index is 6.21. The Bertz CT molecular complexity index is 478. The van der Waals surface area contributed by atoms with Crippen molar-refractivity contribution >= 4 is 5.69 Å². The van der Waals surface area contributed by atoms with Crippen LogP contribution in [0.1, 0.15) is 47.0 Å². The fourth-order valence-electron chi connectivity index (χ4n) is 4.61. The summed E-state index contributed by atoms with van der Waals surface area (Å²) < 4.78 is 5.32. The van der Waals surface area contributed by atoms with E-state index in [1.54, 1.807) is 7.11 Å². The molecule has 3 nitrogen and oxygen atoms in total. The van der Waals surface area contributed by atoms with Gasteiger partial charge in [-0.1, -0.05) is 33.8 Å². The van der Waals surface area contributed by atoms with E-state index in [1.807, 2.05) is 18.2 Å². The van der Waals surface area contributed by atoms with Gasteiger partial charge in [-0.2, -0.15) is 0 Å². The molecule has 0 spiro atoms. The molecule has 118 valence electrons. The van der Waals surface area contributed by atoms with Crippen molar-refractivity contribution in [1.29, 1.82) is 0 Å². The molecular formula is C18H30N2O. The van der Waals surface area contributed by atoms with Gasteiger partial charge in [0.05, 0.1) is 12.6 Å². The Morgan fingerprint density at radius 1 is 1.10 bits per heavy atom. The molecule has 0 saturated heterocycles. The van der Waals surface area contributed by atoms with E-state index >= 15 is 0 Å². The Kier molecular flexibility index (Phi) is 4.25. The highest BCUT2D eigenvalue weighted by atomic mass is 16.5. The minimum atomic E-state index is -0.0440. The molecular weight excluding hydrogens is 260 g/mol. The van der Waals surface area contributed by atoms with Crippen molar-refractivity contribution in [2.45, 2.75) is 52.5 Å². The number of hydrogen-bond acceptors (Lipinski definition) is 3. The summed E-state index contributed by atoms with van der Waals surface area (Å²) >= 11 is 0. The molecule has 3 N–H and O–H groups in total. The van der Waals surface area contributed by atoms with Crippen LogP contribution in [0, 0.1) is 10.8 Å². The fourth-order valence-corrected chi connectivity index (χ4v) is 4.61. The highest BCUT2D eigenvalue weighted by Crippen LogP contribution is 2.50. The molecule has 1 aromatic carbocycles. The lowest BCUT2D eigenvalue weighted by atomic mass is 9.58. The predicted octanol–water partition coefficient (Wildman–Crippen LogP) is 4.04. The number of benzene rings is 1. The monoisotopic (exact) mass is 290 g/mol. The maximum Gasteiger partial charge on any atom is 0.120 e. The Balaban J connectivity index is 2.28. The molecule has 1 aliphatic rings. The van der Waals surface area contributed by atoms with Crippen LogP contribution in [0.25, 0.3) is 0 Å². The van der Waals surface area contributed by atoms with E-state index in [4.69, 9.17) is 10.5 Å². The molecule has 1 aliphatic carbocycles. The summed E-state index contributed by atoms with van der Waals surface area (Å²) in [5, 5.41) is 3.73. The molecule has 2 rings (SSSR count). The second kappa shape index (κ2) is 5.53. The number of ether oxygens (including phenoxy) is 1. The van der Waals surface area contributed by atoms with E-state index in [2.05, 4.69) is 39.1 Å². The van der Waals surface area contributed by atoms with Gasteiger partial charge in [-0.25, -0.2) is 0 Å². The Morgan fingerprint density at radius 2 is 1.71 bits per heavy atom. The number of hydrogen-bond donors (Lipinski definition) is 2. The molecule has 0 radical (unpaired) electrons. The topological polar surface area (TPSA) is 47.3 Å². The number of rotatable bonds is 4.